The number of nitrogens with one attached hydrogen (secondary N) is 1. The third kappa shape index (κ3) is 2.78. The molecule has 0 aromatic heterocycles. The van der Waals surface area contributed by atoms with Gasteiger partial charge in [-0.2, -0.15) is 0 Å². The van der Waals surface area contributed by atoms with Crippen LogP contribution < -0.4 is 5.32 Å². The molecule has 2 saturated heterocycles. The molecule has 2 fully saturated rings. The van der Waals surface area contributed by atoms with E-state index in [2.05, 4.69) is 31.0 Å². The molecule has 2 aliphatic heterocycles. The first-order valence-electron chi connectivity index (χ1n) is 7.10. The van der Waals surface area contributed by atoms with Gasteiger partial charge in [0.25, 0.3) is 0 Å². The van der Waals surface area contributed by atoms with Crippen molar-refractivity contribution >= 4 is 0 Å². The minimum absolute atomic E-state index is 0.379. The molecule has 1 N–H and O–H groups in total. The van der Waals surface area contributed by atoms with Gasteiger partial charge in [0.1, 0.15) is 0 Å². The lowest BCUT2D eigenvalue weighted by atomic mass is 9.86. The van der Waals surface area contributed by atoms with E-state index in [-0.39, 0.29) is 0 Å². The van der Waals surface area contributed by atoms with E-state index in [0.29, 0.717) is 5.54 Å². The van der Waals surface area contributed by atoms with Crippen molar-refractivity contribution in [2.24, 2.45) is 5.92 Å². The number of rotatable bonds is 2. The molecule has 0 radical (unpaired) electrons. The number of nitrogens with zero attached hydrogens (tertiary/aromatic N) is 1. The Hall–Kier alpha value is -0.0800. The second-order valence-corrected chi connectivity index (χ2v) is 6.28. The Morgan fingerprint density at radius 1 is 1.25 bits per heavy atom. The van der Waals surface area contributed by atoms with Crippen LogP contribution >= 0.6 is 0 Å². The Balaban J connectivity index is 1.92. The van der Waals surface area contributed by atoms with Gasteiger partial charge in [0.05, 0.1) is 0 Å². The lowest BCUT2D eigenvalue weighted by Crippen LogP contribution is -2.57. The van der Waals surface area contributed by atoms with E-state index in [0.717, 1.165) is 12.0 Å². The van der Waals surface area contributed by atoms with Crippen molar-refractivity contribution in [3.63, 3.8) is 0 Å². The monoisotopic (exact) mass is 224 g/mol. The highest BCUT2D eigenvalue weighted by Crippen LogP contribution is 2.27. The van der Waals surface area contributed by atoms with E-state index < -0.39 is 0 Å². The van der Waals surface area contributed by atoms with Crippen LogP contribution in [0.25, 0.3) is 0 Å². The normalized spacial score (nSPS) is 42.2. The van der Waals surface area contributed by atoms with Gasteiger partial charge in [0, 0.05) is 18.1 Å². The third-order valence-corrected chi connectivity index (χ3v) is 4.76. The number of piperidine rings is 2. The summed E-state index contributed by atoms with van der Waals surface area (Å²) in [6.45, 7) is 11.0. The zero-order chi connectivity index (χ0) is 11.6. The van der Waals surface area contributed by atoms with Crippen molar-refractivity contribution in [1.82, 2.24) is 10.2 Å². The summed E-state index contributed by atoms with van der Waals surface area (Å²) in [6, 6.07) is 0.773. The van der Waals surface area contributed by atoms with Crippen molar-refractivity contribution < 1.29 is 0 Å². The average Bonchev–Trinajstić information content (AvgIpc) is 2.26. The first kappa shape index (κ1) is 12.4. The first-order valence-corrected chi connectivity index (χ1v) is 7.10. The second-order valence-electron chi connectivity index (χ2n) is 6.28. The fourth-order valence-corrected chi connectivity index (χ4v) is 3.35. The summed E-state index contributed by atoms with van der Waals surface area (Å²) >= 11 is 0. The molecule has 3 atom stereocenters. The predicted molar refractivity (Wildman–Crippen MR) is 69.7 cm³/mol. The molecule has 0 aromatic rings. The quantitative estimate of drug-likeness (QED) is 0.776. The zero-order valence-corrected chi connectivity index (χ0v) is 11.3. The summed E-state index contributed by atoms with van der Waals surface area (Å²) in [6.07, 6.45) is 6.93. The van der Waals surface area contributed by atoms with Crippen LogP contribution in [0.5, 0.6) is 0 Å². The van der Waals surface area contributed by atoms with Gasteiger partial charge in [0.2, 0.25) is 0 Å². The highest BCUT2D eigenvalue weighted by Gasteiger charge is 2.33. The molecule has 2 heteroatoms. The van der Waals surface area contributed by atoms with Crippen LogP contribution in [0, 0.1) is 5.92 Å². The fourth-order valence-electron chi connectivity index (χ4n) is 3.35. The van der Waals surface area contributed by atoms with Crippen LogP contribution in [-0.2, 0) is 0 Å². The highest BCUT2D eigenvalue weighted by atomic mass is 15.2. The third-order valence-electron chi connectivity index (χ3n) is 4.76. The molecule has 2 heterocycles. The van der Waals surface area contributed by atoms with E-state index >= 15 is 0 Å². The predicted octanol–water partition coefficient (Wildman–Crippen LogP) is 2.64. The summed E-state index contributed by atoms with van der Waals surface area (Å²) in [4.78, 5) is 2.71. The molecule has 94 valence electrons. The maximum absolute atomic E-state index is 3.74. The smallest absolute Gasteiger partial charge is 0.0280 e. The van der Waals surface area contributed by atoms with Crippen LogP contribution in [0.15, 0.2) is 0 Å². The van der Waals surface area contributed by atoms with Gasteiger partial charge >= 0.3 is 0 Å². The van der Waals surface area contributed by atoms with E-state index in [1.54, 1.807) is 0 Å². The van der Waals surface area contributed by atoms with Gasteiger partial charge in [-0.25, -0.2) is 0 Å². The van der Waals surface area contributed by atoms with E-state index in [1.165, 1.54) is 51.7 Å². The van der Waals surface area contributed by atoms with Crippen molar-refractivity contribution in [3.05, 3.63) is 0 Å². The molecule has 0 aromatic carbocycles. The van der Waals surface area contributed by atoms with Gasteiger partial charge in [-0.1, -0.05) is 13.3 Å². The molecular formula is C14H28N2. The SMILES string of the molecule is CC1CCCN(CC2(C)CCCCN2)C1C. The Labute approximate surface area is 101 Å². The van der Waals surface area contributed by atoms with E-state index in [4.69, 9.17) is 0 Å². The summed E-state index contributed by atoms with van der Waals surface area (Å²) in [5.74, 6) is 0.876. The zero-order valence-electron chi connectivity index (χ0n) is 11.3. The lowest BCUT2D eigenvalue weighted by Gasteiger charge is -2.45. The molecular weight excluding hydrogens is 196 g/mol. The Morgan fingerprint density at radius 3 is 2.75 bits per heavy atom. The van der Waals surface area contributed by atoms with Gasteiger partial charge < -0.3 is 5.32 Å². The van der Waals surface area contributed by atoms with Gasteiger partial charge in [-0.15, -0.1) is 0 Å². The Bertz CT molecular complexity index is 221. The minimum atomic E-state index is 0.379. The molecule has 0 amide bonds. The molecule has 0 saturated carbocycles. The summed E-state index contributed by atoms with van der Waals surface area (Å²) in [5, 5.41) is 3.74. The van der Waals surface area contributed by atoms with Crippen LogP contribution in [0.2, 0.25) is 0 Å². The lowest BCUT2D eigenvalue weighted by molar-refractivity contribution is 0.0720. The summed E-state index contributed by atoms with van der Waals surface area (Å²) in [5.41, 5.74) is 0.379. The molecule has 2 rings (SSSR count). The van der Waals surface area contributed by atoms with Gasteiger partial charge in [-0.05, 0) is 58.5 Å². The number of hydrogen-bond acceptors (Lipinski definition) is 2. The molecule has 0 bridgehead atoms. The number of hydrogen-bond donors (Lipinski definition) is 1. The van der Waals surface area contributed by atoms with Crippen LogP contribution in [0.3, 0.4) is 0 Å². The number of likely N-dealkylation sites (tertiary alicyclic amines) is 1. The fraction of sp³-hybridized carbons (Fsp3) is 1.00. The van der Waals surface area contributed by atoms with Crippen molar-refractivity contribution in [2.45, 2.75) is 64.5 Å². The molecule has 2 aliphatic rings. The van der Waals surface area contributed by atoms with Crippen LogP contribution in [-0.4, -0.2) is 36.1 Å². The summed E-state index contributed by atoms with van der Waals surface area (Å²) in [7, 11) is 0. The summed E-state index contributed by atoms with van der Waals surface area (Å²) < 4.78 is 0. The standard InChI is InChI=1S/C14H28N2/c1-12-7-6-10-16(13(12)2)11-14(3)8-4-5-9-15-14/h12-13,15H,4-11H2,1-3H3. The Morgan fingerprint density at radius 2 is 2.06 bits per heavy atom. The maximum Gasteiger partial charge on any atom is 0.0280 e. The molecule has 3 unspecified atom stereocenters. The molecule has 0 aliphatic carbocycles. The van der Waals surface area contributed by atoms with Crippen LogP contribution in [0.1, 0.15) is 52.9 Å². The highest BCUT2D eigenvalue weighted by molar-refractivity contribution is 4.92. The largest absolute Gasteiger partial charge is 0.310 e. The second kappa shape index (κ2) is 5.05. The molecule has 16 heavy (non-hydrogen) atoms. The van der Waals surface area contributed by atoms with Crippen molar-refractivity contribution in [1.29, 1.82) is 0 Å². The topological polar surface area (TPSA) is 15.3 Å². The van der Waals surface area contributed by atoms with Crippen LogP contribution in [0.4, 0.5) is 0 Å². The van der Waals surface area contributed by atoms with E-state index in [1.807, 2.05) is 0 Å². The molecule has 0 spiro atoms. The van der Waals surface area contributed by atoms with Gasteiger partial charge in [-0.3, -0.25) is 4.90 Å². The molecule has 2 nitrogen and oxygen atoms in total. The maximum atomic E-state index is 3.74. The average molecular weight is 224 g/mol. The van der Waals surface area contributed by atoms with E-state index in [9.17, 15) is 0 Å². The first-order chi connectivity index (χ1) is 7.61. The Kier molecular flexibility index (Phi) is 3.91. The van der Waals surface area contributed by atoms with Crippen molar-refractivity contribution in [2.75, 3.05) is 19.6 Å². The van der Waals surface area contributed by atoms with Gasteiger partial charge in [0.15, 0.2) is 0 Å². The van der Waals surface area contributed by atoms with Crippen molar-refractivity contribution in [3.8, 4) is 0 Å². The minimum Gasteiger partial charge on any atom is -0.310 e.